The van der Waals surface area contributed by atoms with Crippen molar-refractivity contribution in [3.63, 3.8) is 0 Å². The first-order valence-electron chi connectivity index (χ1n) is 6.64. The van der Waals surface area contributed by atoms with Crippen LogP contribution in [0.4, 0.5) is 10.8 Å². The Bertz CT molecular complexity index is 642. The second kappa shape index (κ2) is 6.91. The van der Waals surface area contributed by atoms with E-state index in [0.29, 0.717) is 11.6 Å². The fourth-order valence-corrected chi connectivity index (χ4v) is 3.61. The van der Waals surface area contributed by atoms with Crippen molar-refractivity contribution in [3.8, 4) is 0 Å². The number of aryl methyl sites for hydroxylation is 1. The molecule has 0 radical (unpaired) electrons. The molecule has 1 amide bonds. The fourth-order valence-electron chi connectivity index (χ4n) is 1.81. The summed E-state index contributed by atoms with van der Waals surface area (Å²) in [5.74, 6) is -0.0232. The third kappa shape index (κ3) is 3.95. The lowest BCUT2D eigenvalue weighted by molar-refractivity contribution is -0.115. The number of benzene rings is 1. The van der Waals surface area contributed by atoms with Gasteiger partial charge in [0.25, 0.3) is 0 Å². The molecule has 2 aromatic rings. The number of carbonyl (C=O) groups is 1. The fraction of sp³-hybridized carbons (Fsp3) is 0.357. The van der Waals surface area contributed by atoms with Crippen molar-refractivity contribution >= 4 is 39.8 Å². The quantitative estimate of drug-likeness (QED) is 0.826. The molecule has 1 aromatic heterocycles. The number of amides is 1. The molecule has 112 valence electrons. The van der Waals surface area contributed by atoms with Crippen molar-refractivity contribution in [2.75, 3.05) is 11.1 Å². The highest BCUT2D eigenvalue weighted by Crippen LogP contribution is 2.30. The lowest BCUT2D eigenvalue weighted by atomic mass is 10.1. The van der Waals surface area contributed by atoms with Gasteiger partial charge in [0, 0.05) is 5.69 Å². The Morgan fingerprint density at radius 3 is 2.81 bits per heavy atom. The summed E-state index contributed by atoms with van der Waals surface area (Å²) < 4.78 is 0.718. The van der Waals surface area contributed by atoms with E-state index in [-0.39, 0.29) is 11.2 Å². The SMILES string of the molecule is CCC(Sc1nnc(N)s1)C(=O)Nc1cccc(C)c1C. The van der Waals surface area contributed by atoms with Crippen molar-refractivity contribution in [1.29, 1.82) is 0 Å². The van der Waals surface area contributed by atoms with Gasteiger partial charge in [-0.15, -0.1) is 10.2 Å². The molecule has 5 nitrogen and oxygen atoms in total. The molecule has 0 aliphatic heterocycles. The normalized spacial score (nSPS) is 12.1. The van der Waals surface area contributed by atoms with E-state index in [2.05, 4.69) is 15.5 Å². The zero-order valence-electron chi connectivity index (χ0n) is 12.2. The Morgan fingerprint density at radius 1 is 1.43 bits per heavy atom. The predicted octanol–water partition coefficient (Wildman–Crippen LogP) is 3.25. The number of rotatable bonds is 5. The van der Waals surface area contributed by atoms with Crippen LogP contribution in [-0.2, 0) is 4.79 Å². The average molecular weight is 322 g/mol. The van der Waals surface area contributed by atoms with Gasteiger partial charge in [0.05, 0.1) is 5.25 Å². The molecule has 0 spiro atoms. The molecular formula is C14H18N4OS2. The summed E-state index contributed by atoms with van der Waals surface area (Å²) >= 11 is 2.70. The van der Waals surface area contributed by atoms with Gasteiger partial charge in [-0.3, -0.25) is 4.79 Å². The van der Waals surface area contributed by atoms with Crippen LogP contribution in [0.1, 0.15) is 24.5 Å². The van der Waals surface area contributed by atoms with Gasteiger partial charge in [0.2, 0.25) is 11.0 Å². The van der Waals surface area contributed by atoms with Crippen LogP contribution in [0.5, 0.6) is 0 Å². The van der Waals surface area contributed by atoms with Crippen molar-refractivity contribution in [2.45, 2.75) is 36.8 Å². The molecule has 0 aliphatic carbocycles. The number of nitrogens with zero attached hydrogens (tertiary/aromatic N) is 2. The van der Waals surface area contributed by atoms with E-state index in [1.54, 1.807) is 0 Å². The summed E-state index contributed by atoms with van der Waals surface area (Å²) in [5, 5.41) is 10.9. The van der Waals surface area contributed by atoms with E-state index < -0.39 is 0 Å². The van der Waals surface area contributed by atoms with Gasteiger partial charge < -0.3 is 11.1 Å². The highest BCUT2D eigenvalue weighted by Gasteiger charge is 2.20. The smallest absolute Gasteiger partial charge is 0.237 e. The first-order chi connectivity index (χ1) is 10.0. The van der Waals surface area contributed by atoms with Crippen LogP contribution in [-0.4, -0.2) is 21.4 Å². The van der Waals surface area contributed by atoms with Gasteiger partial charge in [-0.05, 0) is 37.5 Å². The number of hydrogen-bond donors (Lipinski definition) is 2. The van der Waals surface area contributed by atoms with Crippen LogP contribution in [0.2, 0.25) is 0 Å². The zero-order chi connectivity index (χ0) is 15.4. The largest absolute Gasteiger partial charge is 0.374 e. The van der Waals surface area contributed by atoms with E-state index in [4.69, 9.17) is 5.73 Å². The maximum atomic E-state index is 12.4. The lowest BCUT2D eigenvalue weighted by Gasteiger charge is -2.15. The Labute approximate surface area is 132 Å². The van der Waals surface area contributed by atoms with Gasteiger partial charge in [-0.1, -0.05) is 42.2 Å². The number of nitrogens with two attached hydrogens (primary N) is 1. The van der Waals surface area contributed by atoms with E-state index in [1.165, 1.54) is 23.1 Å². The summed E-state index contributed by atoms with van der Waals surface area (Å²) in [6, 6.07) is 5.89. The number of nitrogen functional groups attached to an aromatic ring is 1. The van der Waals surface area contributed by atoms with Crippen LogP contribution in [0, 0.1) is 13.8 Å². The lowest BCUT2D eigenvalue weighted by Crippen LogP contribution is -2.25. The third-order valence-corrected chi connectivity index (χ3v) is 5.39. The summed E-state index contributed by atoms with van der Waals surface area (Å²) in [7, 11) is 0. The van der Waals surface area contributed by atoms with Gasteiger partial charge in [-0.25, -0.2) is 0 Å². The Hall–Kier alpha value is -1.60. The Morgan fingerprint density at radius 2 is 2.19 bits per heavy atom. The molecule has 0 fully saturated rings. The predicted molar refractivity (Wildman–Crippen MR) is 88.8 cm³/mol. The van der Waals surface area contributed by atoms with Gasteiger partial charge in [-0.2, -0.15) is 0 Å². The van der Waals surface area contributed by atoms with Crippen LogP contribution < -0.4 is 11.1 Å². The number of hydrogen-bond acceptors (Lipinski definition) is 6. The van der Waals surface area contributed by atoms with Gasteiger partial charge in [0.15, 0.2) is 4.34 Å². The van der Waals surface area contributed by atoms with Gasteiger partial charge in [0.1, 0.15) is 0 Å². The van der Waals surface area contributed by atoms with Crippen LogP contribution >= 0.6 is 23.1 Å². The maximum absolute atomic E-state index is 12.4. The van der Waals surface area contributed by atoms with Crippen molar-refractivity contribution in [1.82, 2.24) is 10.2 Å². The molecule has 7 heteroatoms. The zero-order valence-corrected chi connectivity index (χ0v) is 13.8. The summed E-state index contributed by atoms with van der Waals surface area (Å²) in [5.41, 5.74) is 8.67. The molecule has 1 unspecified atom stereocenters. The minimum absolute atomic E-state index is 0.0232. The van der Waals surface area contributed by atoms with E-state index in [0.717, 1.165) is 21.2 Å². The van der Waals surface area contributed by atoms with Gasteiger partial charge >= 0.3 is 0 Å². The number of anilines is 2. The van der Waals surface area contributed by atoms with E-state index in [1.807, 2.05) is 39.0 Å². The first-order valence-corrected chi connectivity index (χ1v) is 8.33. The number of aromatic nitrogens is 2. The molecule has 0 saturated carbocycles. The molecule has 1 atom stereocenters. The molecule has 0 bridgehead atoms. The van der Waals surface area contributed by atoms with Crippen molar-refractivity contribution in [2.24, 2.45) is 0 Å². The Balaban J connectivity index is 2.08. The molecular weight excluding hydrogens is 304 g/mol. The molecule has 21 heavy (non-hydrogen) atoms. The number of thioether (sulfide) groups is 1. The Kier molecular flexibility index (Phi) is 5.19. The summed E-state index contributed by atoms with van der Waals surface area (Å²) in [4.78, 5) is 12.4. The molecule has 1 aromatic carbocycles. The van der Waals surface area contributed by atoms with Crippen molar-refractivity contribution < 1.29 is 4.79 Å². The molecule has 0 aliphatic rings. The average Bonchev–Trinajstić information content (AvgIpc) is 2.86. The van der Waals surface area contributed by atoms with Crippen LogP contribution in [0.3, 0.4) is 0 Å². The second-order valence-corrected chi connectivity index (χ2v) is 7.12. The minimum Gasteiger partial charge on any atom is -0.374 e. The summed E-state index contributed by atoms with van der Waals surface area (Å²) in [6.07, 6.45) is 0.709. The minimum atomic E-state index is -0.211. The monoisotopic (exact) mass is 322 g/mol. The molecule has 0 saturated heterocycles. The first kappa shape index (κ1) is 15.8. The van der Waals surface area contributed by atoms with E-state index in [9.17, 15) is 4.79 Å². The topological polar surface area (TPSA) is 80.9 Å². The standard InChI is InChI=1S/C14H18N4OS2/c1-4-11(20-14-18-17-13(15)21-14)12(19)16-10-7-5-6-8(2)9(10)3/h5-7,11H,4H2,1-3H3,(H2,15,17)(H,16,19). The second-order valence-electron chi connectivity index (χ2n) is 4.66. The number of carbonyl (C=O) groups excluding carboxylic acids is 1. The third-order valence-electron chi connectivity index (χ3n) is 3.19. The molecule has 3 N–H and O–H groups in total. The van der Waals surface area contributed by atoms with Crippen LogP contribution in [0.15, 0.2) is 22.5 Å². The van der Waals surface area contributed by atoms with Crippen LogP contribution in [0.25, 0.3) is 0 Å². The highest BCUT2D eigenvalue weighted by molar-refractivity contribution is 8.02. The number of nitrogens with one attached hydrogen (secondary N) is 1. The molecule has 1 heterocycles. The molecule has 2 rings (SSSR count). The highest BCUT2D eigenvalue weighted by atomic mass is 32.2. The van der Waals surface area contributed by atoms with E-state index >= 15 is 0 Å². The summed E-state index contributed by atoms with van der Waals surface area (Å²) in [6.45, 7) is 6.01. The maximum Gasteiger partial charge on any atom is 0.237 e. The van der Waals surface area contributed by atoms with Crippen molar-refractivity contribution in [3.05, 3.63) is 29.3 Å².